The van der Waals surface area contributed by atoms with Gasteiger partial charge >= 0.3 is 0 Å². The van der Waals surface area contributed by atoms with Gasteiger partial charge in [-0.15, -0.1) is 0 Å². The molecule has 0 spiro atoms. The molecule has 3 nitrogen and oxygen atoms in total. The normalized spacial score (nSPS) is 25.9. The first-order valence-corrected chi connectivity index (χ1v) is 6.69. The number of pyridine rings is 1. The van der Waals surface area contributed by atoms with E-state index in [1.165, 1.54) is 25.1 Å². The summed E-state index contributed by atoms with van der Waals surface area (Å²) in [4.78, 5) is 4.09. The minimum atomic E-state index is -0.308. The van der Waals surface area contributed by atoms with E-state index in [0.717, 1.165) is 18.5 Å². The highest BCUT2D eigenvalue weighted by molar-refractivity contribution is 5.09. The fourth-order valence-corrected chi connectivity index (χ4v) is 2.70. The lowest BCUT2D eigenvalue weighted by Gasteiger charge is -2.33. The maximum atomic E-state index is 12.8. The SMILES string of the molecule is CC(NC1CCCCC1CO)c1ccc(F)cn1. The molecule has 4 heteroatoms. The number of halogens is 1. The Kier molecular flexibility index (Phi) is 4.66. The van der Waals surface area contributed by atoms with Crippen molar-refractivity contribution in [2.75, 3.05) is 6.61 Å². The van der Waals surface area contributed by atoms with Crippen LogP contribution < -0.4 is 5.32 Å². The van der Waals surface area contributed by atoms with Crippen molar-refractivity contribution < 1.29 is 9.50 Å². The fraction of sp³-hybridized carbons (Fsp3) is 0.643. The lowest BCUT2D eigenvalue weighted by molar-refractivity contribution is 0.147. The predicted octanol–water partition coefficient (Wildman–Crippen LogP) is 2.42. The number of aliphatic hydroxyl groups is 1. The zero-order chi connectivity index (χ0) is 13.0. The maximum Gasteiger partial charge on any atom is 0.141 e. The van der Waals surface area contributed by atoms with Crippen LogP contribution in [-0.4, -0.2) is 22.7 Å². The van der Waals surface area contributed by atoms with Crippen LogP contribution in [0.1, 0.15) is 44.3 Å². The summed E-state index contributed by atoms with van der Waals surface area (Å²) < 4.78 is 12.8. The molecule has 0 saturated heterocycles. The Morgan fingerprint density at radius 1 is 1.44 bits per heavy atom. The van der Waals surface area contributed by atoms with Crippen LogP contribution in [0.5, 0.6) is 0 Å². The summed E-state index contributed by atoms with van der Waals surface area (Å²) in [6.07, 6.45) is 5.83. The Hall–Kier alpha value is -1.00. The molecule has 0 aliphatic heterocycles. The molecule has 1 aromatic rings. The molecule has 1 aliphatic rings. The summed E-state index contributed by atoms with van der Waals surface area (Å²) in [6, 6.07) is 3.57. The van der Waals surface area contributed by atoms with Gasteiger partial charge in [0.2, 0.25) is 0 Å². The van der Waals surface area contributed by atoms with Gasteiger partial charge < -0.3 is 10.4 Å². The Labute approximate surface area is 107 Å². The maximum absolute atomic E-state index is 12.8. The van der Waals surface area contributed by atoms with E-state index in [-0.39, 0.29) is 18.5 Å². The number of hydrogen-bond acceptors (Lipinski definition) is 3. The van der Waals surface area contributed by atoms with Crippen molar-refractivity contribution in [1.82, 2.24) is 10.3 Å². The van der Waals surface area contributed by atoms with Crippen LogP contribution in [0.3, 0.4) is 0 Å². The van der Waals surface area contributed by atoms with E-state index in [1.54, 1.807) is 6.07 Å². The highest BCUT2D eigenvalue weighted by Crippen LogP contribution is 2.26. The van der Waals surface area contributed by atoms with Gasteiger partial charge in [-0.2, -0.15) is 0 Å². The number of aromatic nitrogens is 1. The quantitative estimate of drug-likeness (QED) is 0.865. The number of aliphatic hydroxyl groups excluding tert-OH is 1. The molecule has 0 bridgehead atoms. The van der Waals surface area contributed by atoms with Crippen LogP contribution in [0.25, 0.3) is 0 Å². The van der Waals surface area contributed by atoms with Crippen LogP contribution >= 0.6 is 0 Å². The van der Waals surface area contributed by atoms with Crippen molar-refractivity contribution in [1.29, 1.82) is 0 Å². The number of rotatable bonds is 4. The smallest absolute Gasteiger partial charge is 0.141 e. The summed E-state index contributed by atoms with van der Waals surface area (Å²) in [7, 11) is 0. The highest BCUT2D eigenvalue weighted by atomic mass is 19.1. The summed E-state index contributed by atoms with van der Waals surface area (Å²) in [5, 5.41) is 12.9. The molecule has 18 heavy (non-hydrogen) atoms. The van der Waals surface area contributed by atoms with Crippen LogP contribution in [0.4, 0.5) is 4.39 Å². The van der Waals surface area contributed by atoms with Gasteiger partial charge in [-0.05, 0) is 37.8 Å². The first-order valence-electron chi connectivity index (χ1n) is 6.69. The standard InChI is InChI=1S/C14H21FN2O/c1-10(13-7-6-12(15)8-16-13)17-14-5-3-2-4-11(14)9-18/h6-8,10-11,14,17-18H,2-5,9H2,1H3. The van der Waals surface area contributed by atoms with Gasteiger partial charge in [-0.25, -0.2) is 4.39 Å². The first-order chi connectivity index (χ1) is 8.70. The summed E-state index contributed by atoms with van der Waals surface area (Å²) >= 11 is 0. The lowest BCUT2D eigenvalue weighted by Crippen LogP contribution is -2.41. The molecule has 1 fully saturated rings. The van der Waals surface area contributed by atoms with E-state index in [1.807, 2.05) is 6.92 Å². The molecule has 2 N–H and O–H groups in total. The van der Waals surface area contributed by atoms with Gasteiger partial charge in [0.25, 0.3) is 0 Å². The Bertz CT molecular complexity index is 369. The second-order valence-corrected chi connectivity index (χ2v) is 5.12. The third kappa shape index (κ3) is 3.27. The van der Waals surface area contributed by atoms with Gasteiger partial charge in [-0.3, -0.25) is 4.98 Å². The summed E-state index contributed by atoms with van der Waals surface area (Å²) in [6.45, 7) is 2.27. The second-order valence-electron chi connectivity index (χ2n) is 5.12. The van der Waals surface area contributed by atoms with Crippen LogP contribution in [0.2, 0.25) is 0 Å². The third-order valence-electron chi connectivity index (χ3n) is 3.80. The molecule has 3 atom stereocenters. The van der Waals surface area contributed by atoms with Crippen molar-refractivity contribution in [3.8, 4) is 0 Å². The topological polar surface area (TPSA) is 45.1 Å². The monoisotopic (exact) mass is 252 g/mol. The summed E-state index contributed by atoms with van der Waals surface area (Å²) in [5.74, 6) is 0.0264. The molecule has 3 unspecified atom stereocenters. The Morgan fingerprint density at radius 2 is 2.22 bits per heavy atom. The molecule has 2 rings (SSSR count). The largest absolute Gasteiger partial charge is 0.396 e. The minimum absolute atomic E-state index is 0.0859. The molecule has 1 saturated carbocycles. The molecule has 1 aromatic heterocycles. The fourth-order valence-electron chi connectivity index (χ4n) is 2.70. The van der Waals surface area contributed by atoms with Crippen molar-refractivity contribution in [2.24, 2.45) is 5.92 Å². The van der Waals surface area contributed by atoms with Crippen molar-refractivity contribution in [3.63, 3.8) is 0 Å². The van der Waals surface area contributed by atoms with Crippen LogP contribution in [0.15, 0.2) is 18.3 Å². The molecular formula is C14H21FN2O. The molecule has 0 aromatic carbocycles. The van der Waals surface area contributed by atoms with Crippen LogP contribution in [0, 0.1) is 11.7 Å². The van der Waals surface area contributed by atoms with Gasteiger partial charge in [0, 0.05) is 18.7 Å². The average molecular weight is 252 g/mol. The van der Waals surface area contributed by atoms with Crippen molar-refractivity contribution >= 4 is 0 Å². The summed E-state index contributed by atoms with van der Waals surface area (Å²) in [5.41, 5.74) is 0.846. The molecule has 1 aliphatic carbocycles. The van der Waals surface area contributed by atoms with E-state index in [9.17, 15) is 9.50 Å². The highest BCUT2D eigenvalue weighted by Gasteiger charge is 2.25. The average Bonchev–Trinajstić information content (AvgIpc) is 2.40. The van der Waals surface area contributed by atoms with E-state index in [4.69, 9.17) is 0 Å². The number of hydrogen-bond donors (Lipinski definition) is 2. The van der Waals surface area contributed by atoms with E-state index < -0.39 is 0 Å². The van der Waals surface area contributed by atoms with E-state index >= 15 is 0 Å². The Balaban J connectivity index is 1.97. The molecule has 0 radical (unpaired) electrons. The first kappa shape index (κ1) is 13.4. The molecule has 100 valence electrons. The van der Waals surface area contributed by atoms with Crippen LogP contribution in [-0.2, 0) is 0 Å². The molecular weight excluding hydrogens is 231 g/mol. The van der Waals surface area contributed by atoms with E-state index in [2.05, 4.69) is 10.3 Å². The van der Waals surface area contributed by atoms with E-state index in [0.29, 0.717) is 12.0 Å². The Morgan fingerprint density at radius 3 is 2.89 bits per heavy atom. The van der Waals surface area contributed by atoms with Gasteiger partial charge in [0.05, 0.1) is 11.9 Å². The molecule has 1 heterocycles. The number of nitrogens with zero attached hydrogens (tertiary/aromatic N) is 1. The lowest BCUT2D eigenvalue weighted by atomic mass is 9.84. The molecule has 0 amide bonds. The van der Waals surface area contributed by atoms with Crippen molar-refractivity contribution in [3.05, 3.63) is 29.8 Å². The van der Waals surface area contributed by atoms with Crippen molar-refractivity contribution in [2.45, 2.75) is 44.7 Å². The number of nitrogens with one attached hydrogen (secondary N) is 1. The van der Waals surface area contributed by atoms with Gasteiger partial charge in [0.1, 0.15) is 5.82 Å². The van der Waals surface area contributed by atoms with Gasteiger partial charge in [-0.1, -0.05) is 12.8 Å². The third-order valence-corrected chi connectivity index (χ3v) is 3.80. The zero-order valence-electron chi connectivity index (χ0n) is 10.8. The van der Waals surface area contributed by atoms with Gasteiger partial charge in [0.15, 0.2) is 0 Å². The second kappa shape index (κ2) is 6.25. The predicted molar refractivity (Wildman–Crippen MR) is 68.6 cm³/mol. The minimum Gasteiger partial charge on any atom is -0.396 e. The zero-order valence-corrected chi connectivity index (χ0v) is 10.8.